The van der Waals surface area contributed by atoms with Crippen LogP contribution in [0.3, 0.4) is 0 Å². The van der Waals surface area contributed by atoms with Crippen LogP contribution in [0.4, 0.5) is 0 Å². The summed E-state index contributed by atoms with van der Waals surface area (Å²) in [6.07, 6.45) is 7.90. The Labute approximate surface area is 103 Å². The monoisotopic (exact) mass is 238 g/mol. The minimum Gasteiger partial charge on any atom is -0.364 e. The van der Waals surface area contributed by atoms with Crippen LogP contribution in [0.5, 0.6) is 0 Å². The third-order valence-corrected chi connectivity index (χ3v) is 4.15. The van der Waals surface area contributed by atoms with E-state index in [2.05, 4.69) is 6.92 Å². The second-order valence-corrected chi connectivity index (χ2v) is 6.06. The summed E-state index contributed by atoms with van der Waals surface area (Å²) in [7, 11) is 0. The normalized spacial score (nSPS) is 47.0. The Morgan fingerprint density at radius 2 is 2.06 bits per heavy atom. The van der Waals surface area contributed by atoms with E-state index in [0.717, 1.165) is 12.8 Å². The minimum atomic E-state index is -1.05. The summed E-state index contributed by atoms with van der Waals surface area (Å²) >= 11 is 0. The maximum atomic E-state index is 10.0. The first-order valence-corrected chi connectivity index (χ1v) is 6.80. The first-order chi connectivity index (χ1) is 8.00. The van der Waals surface area contributed by atoms with Gasteiger partial charge in [-0.15, -0.1) is 5.06 Å². The SMILES string of the molecule is CC1(O)CC2(C)N=C3CCCCCCC3N2O1. The van der Waals surface area contributed by atoms with Crippen molar-refractivity contribution < 1.29 is 9.94 Å². The Morgan fingerprint density at radius 3 is 2.88 bits per heavy atom. The molecule has 0 aromatic heterocycles. The van der Waals surface area contributed by atoms with Crippen LogP contribution in [-0.2, 0) is 4.84 Å². The van der Waals surface area contributed by atoms with Crippen molar-refractivity contribution in [1.82, 2.24) is 5.06 Å². The van der Waals surface area contributed by atoms with E-state index in [0.29, 0.717) is 12.5 Å². The van der Waals surface area contributed by atoms with E-state index in [1.54, 1.807) is 6.92 Å². The smallest absolute Gasteiger partial charge is 0.186 e. The van der Waals surface area contributed by atoms with Gasteiger partial charge in [-0.2, -0.15) is 0 Å². The zero-order chi connectivity index (χ0) is 12.1. The molecule has 0 aromatic rings. The topological polar surface area (TPSA) is 45.1 Å². The lowest BCUT2D eigenvalue weighted by molar-refractivity contribution is -0.289. The molecular weight excluding hydrogens is 216 g/mol. The van der Waals surface area contributed by atoms with Gasteiger partial charge in [0.2, 0.25) is 0 Å². The van der Waals surface area contributed by atoms with Crippen molar-refractivity contribution in [2.75, 3.05) is 0 Å². The molecule has 2 aliphatic heterocycles. The van der Waals surface area contributed by atoms with Gasteiger partial charge in [0.05, 0.1) is 6.04 Å². The lowest BCUT2D eigenvalue weighted by Crippen LogP contribution is -2.42. The molecule has 17 heavy (non-hydrogen) atoms. The molecule has 1 saturated heterocycles. The van der Waals surface area contributed by atoms with E-state index in [1.807, 2.05) is 5.06 Å². The summed E-state index contributed by atoms with van der Waals surface area (Å²) in [5, 5.41) is 12.0. The second-order valence-electron chi connectivity index (χ2n) is 6.06. The number of aliphatic imine (C=N–C) groups is 1. The van der Waals surface area contributed by atoms with E-state index >= 15 is 0 Å². The maximum Gasteiger partial charge on any atom is 0.186 e. The average Bonchev–Trinajstić information content (AvgIpc) is 2.53. The molecule has 3 aliphatic rings. The van der Waals surface area contributed by atoms with Crippen LogP contribution in [0.15, 0.2) is 4.99 Å². The zero-order valence-electron chi connectivity index (χ0n) is 10.8. The van der Waals surface area contributed by atoms with Gasteiger partial charge < -0.3 is 5.11 Å². The second kappa shape index (κ2) is 3.77. The summed E-state index contributed by atoms with van der Waals surface area (Å²) < 4.78 is 0. The molecule has 1 N–H and O–H groups in total. The molecule has 2 heterocycles. The third kappa shape index (κ3) is 1.92. The van der Waals surface area contributed by atoms with Gasteiger partial charge in [-0.1, -0.05) is 19.3 Å². The fourth-order valence-electron chi connectivity index (χ4n) is 3.55. The maximum absolute atomic E-state index is 10.0. The number of aliphatic hydroxyl groups is 1. The standard InChI is InChI=1S/C13H22N2O2/c1-12-9-13(2,16)17-15(12)11-8-6-4-3-5-7-10(11)14-12/h11,16H,3-9H2,1-2H3. The van der Waals surface area contributed by atoms with Crippen molar-refractivity contribution in [2.45, 2.75) is 76.3 Å². The largest absolute Gasteiger partial charge is 0.364 e. The van der Waals surface area contributed by atoms with Gasteiger partial charge in [0.15, 0.2) is 5.79 Å². The van der Waals surface area contributed by atoms with Crippen molar-refractivity contribution in [3.05, 3.63) is 0 Å². The number of nitrogens with zero attached hydrogens (tertiary/aromatic N) is 2. The highest BCUT2D eigenvalue weighted by Crippen LogP contribution is 2.45. The summed E-state index contributed by atoms with van der Waals surface area (Å²) in [6.45, 7) is 3.81. The molecule has 4 heteroatoms. The average molecular weight is 238 g/mol. The molecule has 2 fully saturated rings. The Morgan fingerprint density at radius 1 is 1.29 bits per heavy atom. The zero-order valence-corrected chi connectivity index (χ0v) is 10.8. The molecular formula is C13H22N2O2. The van der Waals surface area contributed by atoms with Crippen molar-refractivity contribution >= 4 is 5.71 Å². The van der Waals surface area contributed by atoms with Crippen LogP contribution < -0.4 is 0 Å². The van der Waals surface area contributed by atoms with Crippen LogP contribution in [0.25, 0.3) is 0 Å². The molecule has 0 spiro atoms. The van der Waals surface area contributed by atoms with Gasteiger partial charge in [0, 0.05) is 12.1 Å². The van der Waals surface area contributed by atoms with E-state index in [4.69, 9.17) is 9.83 Å². The van der Waals surface area contributed by atoms with Crippen LogP contribution in [0.1, 0.15) is 58.8 Å². The van der Waals surface area contributed by atoms with Gasteiger partial charge in [0.25, 0.3) is 0 Å². The molecule has 1 aliphatic carbocycles. The van der Waals surface area contributed by atoms with Crippen molar-refractivity contribution in [3.63, 3.8) is 0 Å². The van der Waals surface area contributed by atoms with E-state index in [9.17, 15) is 5.11 Å². The Hall–Kier alpha value is -0.450. The number of hydrogen-bond donors (Lipinski definition) is 1. The van der Waals surface area contributed by atoms with Crippen LogP contribution in [0.2, 0.25) is 0 Å². The van der Waals surface area contributed by atoms with Gasteiger partial charge in [0.1, 0.15) is 5.66 Å². The highest BCUT2D eigenvalue weighted by Gasteiger charge is 2.56. The number of hydroxylamine groups is 2. The van der Waals surface area contributed by atoms with Crippen molar-refractivity contribution in [1.29, 1.82) is 0 Å². The Kier molecular flexibility index (Phi) is 2.58. The minimum absolute atomic E-state index is 0.300. The summed E-state index contributed by atoms with van der Waals surface area (Å²) in [6, 6.07) is 0.300. The molecule has 3 unspecified atom stereocenters. The fraction of sp³-hybridized carbons (Fsp3) is 0.923. The summed E-state index contributed by atoms with van der Waals surface area (Å²) in [5.74, 6) is -1.05. The lowest BCUT2D eigenvalue weighted by atomic mass is 9.95. The highest BCUT2D eigenvalue weighted by molar-refractivity contribution is 5.91. The van der Waals surface area contributed by atoms with Gasteiger partial charge in [-0.3, -0.25) is 9.83 Å². The summed E-state index contributed by atoms with van der Waals surface area (Å²) in [4.78, 5) is 10.6. The predicted octanol–water partition coefficient (Wildman–Crippen LogP) is 2.23. The molecule has 0 bridgehead atoms. The van der Waals surface area contributed by atoms with Crippen LogP contribution in [-0.4, -0.2) is 33.4 Å². The van der Waals surface area contributed by atoms with Crippen molar-refractivity contribution in [3.8, 4) is 0 Å². The molecule has 0 aromatic carbocycles. The Bertz CT molecular complexity index is 353. The molecule has 96 valence electrons. The van der Waals surface area contributed by atoms with E-state index in [1.165, 1.54) is 31.4 Å². The lowest BCUT2D eigenvalue weighted by Gasteiger charge is -2.29. The molecule has 3 atom stereocenters. The van der Waals surface area contributed by atoms with Gasteiger partial charge in [-0.05, 0) is 33.1 Å². The molecule has 3 rings (SSSR count). The van der Waals surface area contributed by atoms with Gasteiger partial charge in [-0.25, -0.2) is 0 Å². The quantitative estimate of drug-likeness (QED) is 0.704. The molecule has 4 nitrogen and oxygen atoms in total. The first kappa shape index (κ1) is 11.6. The highest BCUT2D eigenvalue weighted by atomic mass is 16.8. The fourth-order valence-corrected chi connectivity index (χ4v) is 3.55. The van der Waals surface area contributed by atoms with Crippen LogP contribution in [0, 0.1) is 0 Å². The number of fused-ring (bicyclic) bond motifs is 3. The molecule has 1 saturated carbocycles. The third-order valence-electron chi connectivity index (χ3n) is 4.15. The first-order valence-electron chi connectivity index (χ1n) is 6.80. The molecule has 0 radical (unpaired) electrons. The van der Waals surface area contributed by atoms with E-state index in [-0.39, 0.29) is 5.66 Å². The van der Waals surface area contributed by atoms with Crippen molar-refractivity contribution in [2.24, 2.45) is 4.99 Å². The Balaban J connectivity index is 1.88. The van der Waals surface area contributed by atoms with E-state index < -0.39 is 5.79 Å². The molecule has 0 amide bonds. The summed E-state index contributed by atoms with van der Waals surface area (Å²) in [5.41, 5.74) is 0.955. The van der Waals surface area contributed by atoms with Gasteiger partial charge >= 0.3 is 0 Å². The number of rotatable bonds is 0. The number of hydrogen-bond acceptors (Lipinski definition) is 4. The van der Waals surface area contributed by atoms with Crippen LogP contribution >= 0.6 is 0 Å². The predicted molar refractivity (Wildman–Crippen MR) is 65.5 cm³/mol.